The lowest BCUT2D eigenvalue weighted by atomic mass is 9.63. The predicted molar refractivity (Wildman–Crippen MR) is 138 cm³/mol. The average Bonchev–Trinajstić information content (AvgIpc) is 2.77. The van der Waals surface area contributed by atoms with Gasteiger partial charge in [-0.15, -0.1) is 4.40 Å². The van der Waals surface area contributed by atoms with E-state index in [-0.39, 0.29) is 33.2 Å². The van der Waals surface area contributed by atoms with E-state index in [4.69, 9.17) is 5.14 Å². The minimum Gasteiger partial charge on any atom is -0.506 e. The first-order chi connectivity index (χ1) is 16.8. The van der Waals surface area contributed by atoms with Crippen LogP contribution in [0, 0.1) is 5.82 Å². The quantitative estimate of drug-likeness (QED) is 0.297. The van der Waals surface area contributed by atoms with Crippen LogP contribution >= 0.6 is 10.8 Å². The van der Waals surface area contributed by atoms with Crippen LogP contribution in [0.5, 0.6) is 0 Å². The average molecular weight is 539 g/mol. The minimum atomic E-state index is -4.12. The lowest BCUT2D eigenvalue weighted by molar-refractivity contribution is -0.121. The van der Waals surface area contributed by atoms with Crippen LogP contribution in [0.4, 0.5) is 15.8 Å². The van der Waals surface area contributed by atoms with E-state index in [9.17, 15) is 31.8 Å². The highest BCUT2D eigenvalue weighted by molar-refractivity contribution is 8.23. The first kappa shape index (κ1) is 26.1. The van der Waals surface area contributed by atoms with Crippen LogP contribution in [0.1, 0.15) is 50.7 Å². The molecule has 0 atom stereocenters. The van der Waals surface area contributed by atoms with Crippen LogP contribution in [0.2, 0.25) is 0 Å². The standard InChI is InChI=1S/C23H27FN4O6S2/c1-3-9-23(10-4-2)16-7-5-13(24)11-15(16)20(29)19(21(23)30)22-26-17-8-6-14(27-36(25,33)34)12-18(17)35(31,32)28-22/h5-8,11-12,27,29,31-32H,3-4,9-10H2,1-2H3,(H,26,28)(H2,25,33,34). The van der Waals surface area contributed by atoms with Gasteiger partial charge in [-0.05, 0) is 48.7 Å². The van der Waals surface area contributed by atoms with Gasteiger partial charge < -0.3 is 10.4 Å². The molecule has 0 spiro atoms. The van der Waals surface area contributed by atoms with Crippen LogP contribution in [0.15, 0.2) is 51.3 Å². The number of Topliss-reactive ketones (excluding diaryl/α,β-unsaturated/α-hetero) is 1. The van der Waals surface area contributed by atoms with Crippen molar-refractivity contribution in [2.45, 2.75) is 49.8 Å². The number of nitrogens with two attached hydrogens (primary N) is 1. The Morgan fingerprint density at radius 2 is 1.81 bits per heavy atom. The zero-order valence-corrected chi connectivity index (χ0v) is 21.2. The van der Waals surface area contributed by atoms with Crippen LogP contribution in [-0.4, -0.2) is 34.2 Å². The minimum absolute atomic E-state index is 0.0261. The molecule has 0 fully saturated rings. The predicted octanol–water partition coefficient (Wildman–Crippen LogP) is 4.68. The molecule has 194 valence electrons. The number of carbonyl (C=O) groups is 1. The summed E-state index contributed by atoms with van der Waals surface area (Å²) < 4.78 is 64.6. The van der Waals surface area contributed by atoms with Crippen molar-refractivity contribution in [3.05, 3.63) is 58.9 Å². The van der Waals surface area contributed by atoms with Gasteiger partial charge in [0.2, 0.25) is 0 Å². The molecule has 1 aliphatic heterocycles. The van der Waals surface area contributed by atoms with Gasteiger partial charge in [-0.3, -0.25) is 18.6 Å². The topological polar surface area (TPSA) is 174 Å². The highest BCUT2D eigenvalue weighted by Gasteiger charge is 2.48. The molecule has 1 heterocycles. The van der Waals surface area contributed by atoms with Crippen molar-refractivity contribution in [1.29, 1.82) is 0 Å². The molecule has 7 N–H and O–H groups in total. The van der Waals surface area contributed by atoms with E-state index in [1.54, 1.807) is 0 Å². The number of nitrogens with one attached hydrogen (secondary N) is 2. The lowest BCUT2D eigenvalue weighted by Crippen LogP contribution is -2.44. The van der Waals surface area contributed by atoms with Gasteiger partial charge in [0.15, 0.2) is 11.6 Å². The van der Waals surface area contributed by atoms with Gasteiger partial charge >= 0.3 is 0 Å². The fourth-order valence-electron chi connectivity index (χ4n) is 4.94. The zero-order chi connectivity index (χ0) is 26.5. The van der Waals surface area contributed by atoms with Gasteiger partial charge in [-0.1, -0.05) is 43.5 Å². The van der Waals surface area contributed by atoms with E-state index in [1.165, 1.54) is 24.3 Å². The maximum Gasteiger partial charge on any atom is 0.296 e. The third-order valence-electron chi connectivity index (χ3n) is 6.25. The van der Waals surface area contributed by atoms with E-state index in [0.29, 0.717) is 31.2 Å². The molecule has 0 unspecified atom stereocenters. The molecule has 2 aliphatic rings. The number of halogens is 1. The number of benzene rings is 2. The summed E-state index contributed by atoms with van der Waals surface area (Å²) in [5, 5.41) is 19.0. The fraction of sp³-hybridized carbons (Fsp3) is 0.304. The molecule has 0 saturated heterocycles. The SMILES string of the molecule is CCCC1(CCC)C(=O)C(C2=NS(O)(O)c3cc(NS(N)(=O)=O)ccc3N2)=C(O)c2cc(F)ccc21. The number of ketones is 1. The van der Waals surface area contributed by atoms with Crippen LogP contribution in [0.25, 0.3) is 5.76 Å². The molecule has 10 nitrogen and oxygen atoms in total. The highest BCUT2D eigenvalue weighted by Crippen LogP contribution is 2.57. The van der Waals surface area contributed by atoms with E-state index in [1.807, 2.05) is 18.6 Å². The normalized spacial score (nSPS) is 19.1. The number of carbonyl (C=O) groups excluding carboxylic acids is 1. The molecule has 0 aromatic heterocycles. The Morgan fingerprint density at radius 3 is 2.42 bits per heavy atom. The Labute approximate surface area is 209 Å². The maximum atomic E-state index is 14.2. The summed E-state index contributed by atoms with van der Waals surface area (Å²) in [5.41, 5.74) is -0.569. The van der Waals surface area contributed by atoms with Crippen molar-refractivity contribution in [2.75, 3.05) is 10.0 Å². The Bertz CT molecular complexity index is 1420. The second-order valence-electron chi connectivity index (χ2n) is 8.77. The number of fused-ring (bicyclic) bond motifs is 2. The van der Waals surface area contributed by atoms with Crippen molar-refractivity contribution >= 4 is 49.7 Å². The molecule has 36 heavy (non-hydrogen) atoms. The molecule has 4 rings (SSSR count). The molecule has 0 amide bonds. The second-order valence-corrected chi connectivity index (χ2v) is 11.7. The number of aliphatic hydroxyl groups is 1. The smallest absolute Gasteiger partial charge is 0.296 e. The molecule has 0 bridgehead atoms. The lowest BCUT2D eigenvalue weighted by Gasteiger charge is -2.40. The molecule has 1 aliphatic carbocycles. The van der Waals surface area contributed by atoms with E-state index in [2.05, 4.69) is 9.71 Å². The molecule has 0 radical (unpaired) electrons. The van der Waals surface area contributed by atoms with E-state index in [0.717, 1.165) is 12.1 Å². The number of anilines is 2. The Morgan fingerprint density at radius 1 is 1.14 bits per heavy atom. The molecule has 2 aromatic carbocycles. The summed E-state index contributed by atoms with van der Waals surface area (Å²) in [5.74, 6) is -1.85. The van der Waals surface area contributed by atoms with Crippen LogP contribution in [0.3, 0.4) is 0 Å². The molecule has 13 heteroatoms. The largest absolute Gasteiger partial charge is 0.506 e. The van der Waals surface area contributed by atoms with Crippen molar-refractivity contribution in [3.63, 3.8) is 0 Å². The van der Waals surface area contributed by atoms with Crippen LogP contribution < -0.4 is 15.2 Å². The van der Waals surface area contributed by atoms with E-state index < -0.39 is 43.8 Å². The van der Waals surface area contributed by atoms with Gasteiger partial charge in [-0.2, -0.15) is 8.42 Å². The van der Waals surface area contributed by atoms with Crippen LogP contribution in [-0.2, 0) is 20.4 Å². The Hall–Kier alpha value is -2.97. The van der Waals surface area contributed by atoms with Gasteiger partial charge in [0.05, 0.1) is 16.8 Å². The van der Waals surface area contributed by atoms with Crippen molar-refractivity contribution < 1.29 is 31.8 Å². The molecule has 0 saturated carbocycles. The summed E-state index contributed by atoms with van der Waals surface area (Å²) in [4.78, 5) is 13.9. The Kier molecular flexibility index (Phi) is 6.64. The van der Waals surface area contributed by atoms with Gasteiger partial charge in [0, 0.05) is 5.56 Å². The molecular weight excluding hydrogens is 511 g/mol. The number of hydrogen-bond donors (Lipinski definition) is 6. The summed E-state index contributed by atoms with van der Waals surface area (Å²) >= 11 is 0. The van der Waals surface area contributed by atoms with Gasteiger partial charge in [0.1, 0.15) is 22.0 Å². The first-order valence-electron chi connectivity index (χ1n) is 11.2. The maximum absolute atomic E-state index is 14.2. The van der Waals surface area contributed by atoms with Gasteiger partial charge in [0.25, 0.3) is 10.2 Å². The number of rotatable bonds is 7. The summed E-state index contributed by atoms with van der Waals surface area (Å²) in [6.07, 6.45) is 2.12. The van der Waals surface area contributed by atoms with E-state index >= 15 is 0 Å². The van der Waals surface area contributed by atoms with Crippen molar-refractivity contribution in [1.82, 2.24) is 0 Å². The zero-order valence-electron chi connectivity index (χ0n) is 19.6. The number of nitrogens with zero attached hydrogens (tertiary/aromatic N) is 1. The summed E-state index contributed by atoms with van der Waals surface area (Å²) in [6, 6.07) is 7.76. The van der Waals surface area contributed by atoms with Gasteiger partial charge in [-0.25, -0.2) is 9.53 Å². The monoisotopic (exact) mass is 538 g/mol. The summed E-state index contributed by atoms with van der Waals surface area (Å²) in [7, 11) is -8.05. The highest BCUT2D eigenvalue weighted by atomic mass is 32.3. The molecular formula is C23H27FN4O6S2. The van der Waals surface area contributed by atoms with Crippen molar-refractivity contribution in [2.24, 2.45) is 9.54 Å². The Balaban J connectivity index is 1.89. The molecule has 2 aromatic rings. The van der Waals surface area contributed by atoms with Crippen molar-refractivity contribution in [3.8, 4) is 0 Å². The third kappa shape index (κ3) is 4.48. The number of aliphatic hydroxyl groups excluding tert-OH is 1. The first-order valence-corrected chi connectivity index (χ1v) is 14.3. The number of amidine groups is 1. The third-order valence-corrected chi connectivity index (χ3v) is 8.13. The second kappa shape index (κ2) is 9.16. The summed E-state index contributed by atoms with van der Waals surface area (Å²) in [6.45, 7) is 3.84. The fourth-order valence-corrected chi connectivity index (χ4v) is 6.59. The number of hydrogen-bond acceptors (Lipinski definition) is 8.